The lowest BCUT2D eigenvalue weighted by Gasteiger charge is -2.20. The second-order valence-electron chi connectivity index (χ2n) is 4.95. The van der Waals surface area contributed by atoms with Crippen LogP contribution in [0.1, 0.15) is 6.42 Å². The molecule has 2 aliphatic rings. The number of likely N-dealkylation sites (tertiary alicyclic amines) is 1. The number of aliphatic hydroxyl groups is 1. The molecule has 5 heteroatoms. The quantitative estimate of drug-likeness (QED) is 0.798. The second kappa shape index (κ2) is 3.70. The minimum atomic E-state index is -0.122. The van der Waals surface area contributed by atoms with Crippen molar-refractivity contribution in [3.05, 3.63) is 24.4 Å². The fraction of sp³-hybridized carbons (Fsp3) is 0.500. The number of fused-ring (bicyclic) bond motifs is 1. The number of hydrogen-bond donors (Lipinski definition) is 2. The van der Waals surface area contributed by atoms with E-state index in [4.69, 9.17) is 0 Å². The van der Waals surface area contributed by atoms with Crippen molar-refractivity contribution in [2.75, 3.05) is 25.0 Å². The van der Waals surface area contributed by atoms with E-state index in [0.717, 1.165) is 13.0 Å². The first-order valence-electron chi connectivity index (χ1n) is 5.81. The Kier molecular flexibility index (Phi) is 2.29. The molecule has 0 bridgehead atoms. The summed E-state index contributed by atoms with van der Waals surface area (Å²) in [5, 5.41) is 12.0. The van der Waals surface area contributed by atoms with Crippen molar-refractivity contribution in [3.8, 4) is 0 Å². The molecule has 2 amide bonds. The highest BCUT2D eigenvalue weighted by Crippen LogP contribution is 2.57. The lowest BCUT2D eigenvalue weighted by atomic mass is 10.1. The Hall–Kier alpha value is -1.62. The number of anilines is 1. The third-order valence-electron chi connectivity index (χ3n) is 3.81. The molecule has 1 aromatic heterocycles. The monoisotopic (exact) mass is 233 g/mol. The number of piperidine rings is 1. The first kappa shape index (κ1) is 10.5. The van der Waals surface area contributed by atoms with E-state index in [1.807, 2.05) is 6.07 Å². The Balaban J connectivity index is 1.62. The second-order valence-corrected chi connectivity index (χ2v) is 4.95. The molecule has 90 valence electrons. The molecule has 2 N–H and O–H groups in total. The van der Waals surface area contributed by atoms with Crippen molar-refractivity contribution in [3.63, 3.8) is 0 Å². The summed E-state index contributed by atoms with van der Waals surface area (Å²) in [4.78, 5) is 17.7. The van der Waals surface area contributed by atoms with Gasteiger partial charge in [-0.15, -0.1) is 0 Å². The van der Waals surface area contributed by atoms with E-state index in [-0.39, 0.29) is 18.1 Å². The zero-order valence-corrected chi connectivity index (χ0v) is 9.47. The van der Waals surface area contributed by atoms with E-state index in [1.165, 1.54) is 0 Å². The highest BCUT2D eigenvalue weighted by molar-refractivity contribution is 5.88. The molecule has 2 heterocycles. The van der Waals surface area contributed by atoms with Gasteiger partial charge in [0.1, 0.15) is 5.82 Å². The molecule has 1 saturated heterocycles. The molecule has 2 atom stereocenters. The average molecular weight is 233 g/mol. The van der Waals surface area contributed by atoms with Gasteiger partial charge in [0.25, 0.3) is 0 Å². The van der Waals surface area contributed by atoms with Gasteiger partial charge in [0.15, 0.2) is 0 Å². The maximum absolute atomic E-state index is 11.9. The number of nitrogens with zero attached hydrogens (tertiary/aromatic N) is 2. The van der Waals surface area contributed by atoms with Crippen LogP contribution in [0.5, 0.6) is 0 Å². The number of pyridine rings is 1. The normalized spacial score (nSPS) is 29.9. The number of aliphatic hydroxyl groups excluding tert-OH is 1. The van der Waals surface area contributed by atoms with Gasteiger partial charge in [-0.25, -0.2) is 9.78 Å². The number of amides is 2. The standard InChI is InChI=1S/C12H15N3O2/c16-8-12-5-9(12)6-15(7-12)11(17)14-10-3-1-2-4-13-10/h1-4,9,16H,5-8H2,(H,13,14,17)/t9-,12+/m0/s1. The number of rotatable bonds is 2. The van der Waals surface area contributed by atoms with Gasteiger partial charge in [-0.05, 0) is 24.5 Å². The van der Waals surface area contributed by atoms with Crippen molar-refractivity contribution < 1.29 is 9.90 Å². The number of hydrogen-bond acceptors (Lipinski definition) is 3. The van der Waals surface area contributed by atoms with Crippen LogP contribution in [-0.2, 0) is 0 Å². The molecule has 1 saturated carbocycles. The zero-order chi connectivity index (χ0) is 11.9. The maximum atomic E-state index is 11.9. The third-order valence-corrected chi connectivity index (χ3v) is 3.81. The highest BCUT2D eigenvalue weighted by Gasteiger charge is 2.60. The van der Waals surface area contributed by atoms with Crippen molar-refractivity contribution in [2.24, 2.45) is 11.3 Å². The van der Waals surface area contributed by atoms with Crippen LogP contribution in [0.4, 0.5) is 10.6 Å². The highest BCUT2D eigenvalue weighted by atomic mass is 16.3. The summed E-state index contributed by atoms with van der Waals surface area (Å²) in [6.07, 6.45) is 2.70. The van der Waals surface area contributed by atoms with E-state index in [9.17, 15) is 9.90 Å². The molecule has 5 nitrogen and oxygen atoms in total. The number of urea groups is 1. The summed E-state index contributed by atoms with van der Waals surface area (Å²) in [6.45, 7) is 1.59. The van der Waals surface area contributed by atoms with E-state index in [2.05, 4.69) is 10.3 Å². The minimum absolute atomic E-state index is 0.00144. The van der Waals surface area contributed by atoms with E-state index in [1.54, 1.807) is 23.2 Å². The summed E-state index contributed by atoms with van der Waals surface area (Å²) in [5.74, 6) is 1.05. The van der Waals surface area contributed by atoms with Gasteiger partial charge >= 0.3 is 6.03 Å². The minimum Gasteiger partial charge on any atom is -0.396 e. The summed E-state index contributed by atoms with van der Waals surface area (Å²) >= 11 is 0. The Morgan fingerprint density at radius 2 is 2.53 bits per heavy atom. The fourth-order valence-electron chi connectivity index (χ4n) is 2.62. The smallest absolute Gasteiger partial charge is 0.323 e. The third kappa shape index (κ3) is 1.76. The molecular formula is C12H15N3O2. The molecule has 3 rings (SSSR count). The Bertz CT molecular complexity index is 433. The SMILES string of the molecule is O=C(Nc1ccccn1)N1C[C@@H]2C[C@]2(CO)C1. The van der Waals surface area contributed by atoms with Crippen LogP contribution in [0.3, 0.4) is 0 Å². The topological polar surface area (TPSA) is 65.5 Å². The van der Waals surface area contributed by atoms with Crippen molar-refractivity contribution in [1.82, 2.24) is 9.88 Å². The predicted molar refractivity (Wildman–Crippen MR) is 62.5 cm³/mol. The van der Waals surface area contributed by atoms with Crippen LogP contribution < -0.4 is 5.32 Å². The molecule has 17 heavy (non-hydrogen) atoms. The van der Waals surface area contributed by atoms with Crippen molar-refractivity contribution in [1.29, 1.82) is 0 Å². The van der Waals surface area contributed by atoms with E-state index >= 15 is 0 Å². The van der Waals surface area contributed by atoms with Gasteiger partial charge in [-0.2, -0.15) is 0 Å². The van der Waals surface area contributed by atoms with Crippen molar-refractivity contribution in [2.45, 2.75) is 6.42 Å². The first-order valence-corrected chi connectivity index (χ1v) is 5.81. The Morgan fingerprint density at radius 1 is 1.65 bits per heavy atom. The molecule has 0 radical (unpaired) electrons. The lowest BCUT2D eigenvalue weighted by molar-refractivity contribution is 0.185. The largest absolute Gasteiger partial charge is 0.396 e. The molecule has 1 aromatic rings. The molecule has 1 aliphatic heterocycles. The molecule has 0 spiro atoms. The van der Waals surface area contributed by atoms with Gasteiger partial charge in [0, 0.05) is 24.7 Å². The molecule has 1 aliphatic carbocycles. The molecular weight excluding hydrogens is 218 g/mol. The summed E-state index contributed by atoms with van der Waals surface area (Å²) in [7, 11) is 0. The Morgan fingerprint density at radius 3 is 3.18 bits per heavy atom. The summed E-state index contributed by atoms with van der Waals surface area (Å²) < 4.78 is 0. The van der Waals surface area contributed by atoms with Crippen molar-refractivity contribution >= 4 is 11.8 Å². The molecule has 0 aromatic carbocycles. The van der Waals surface area contributed by atoms with Crippen LogP contribution in [0, 0.1) is 11.3 Å². The van der Waals surface area contributed by atoms with E-state index in [0.29, 0.717) is 18.3 Å². The maximum Gasteiger partial charge on any atom is 0.323 e. The molecule has 2 fully saturated rings. The Labute approximate surface area is 99.5 Å². The van der Waals surface area contributed by atoms with Gasteiger partial charge in [-0.3, -0.25) is 5.32 Å². The predicted octanol–water partition coefficient (Wildman–Crippen LogP) is 0.928. The van der Waals surface area contributed by atoms with Gasteiger partial charge in [-0.1, -0.05) is 6.07 Å². The van der Waals surface area contributed by atoms with Crippen LogP contribution >= 0.6 is 0 Å². The number of nitrogens with one attached hydrogen (secondary N) is 1. The zero-order valence-electron chi connectivity index (χ0n) is 9.47. The van der Waals surface area contributed by atoms with Gasteiger partial charge in [0.2, 0.25) is 0 Å². The number of carbonyl (C=O) groups is 1. The van der Waals surface area contributed by atoms with Crippen LogP contribution in [0.25, 0.3) is 0 Å². The van der Waals surface area contributed by atoms with E-state index < -0.39 is 0 Å². The van der Waals surface area contributed by atoms with Crippen LogP contribution in [-0.4, -0.2) is 40.7 Å². The molecule has 0 unspecified atom stereocenters. The first-order chi connectivity index (χ1) is 8.23. The summed E-state index contributed by atoms with van der Waals surface area (Å²) in [6, 6.07) is 5.28. The summed E-state index contributed by atoms with van der Waals surface area (Å²) in [5.41, 5.74) is 0.00144. The lowest BCUT2D eigenvalue weighted by Crippen LogP contribution is -2.36. The van der Waals surface area contributed by atoms with Crippen LogP contribution in [0.2, 0.25) is 0 Å². The van der Waals surface area contributed by atoms with Crippen LogP contribution in [0.15, 0.2) is 24.4 Å². The van der Waals surface area contributed by atoms with Gasteiger partial charge < -0.3 is 10.0 Å². The number of aromatic nitrogens is 1. The van der Waals surface area contributed by atoms with Gasteiger partial charge in [0.05, 0.1) is 6.61 Å². The fourth-order valence-corrected chi connectivity index (χ4v) is 2.62. The number of carbonyl (C=O) groups excluding carboxylic acids is 1. The average Bonchev–Trinajstić information content (AvgIpc) is 2.93.